The van der Waals surface area contributed by atoms with Gasteiger partial charge < -0.3 is 19.9 Å². The van der Waals surface area contributed by atoms with Crippen molar-refractivity contribution in [2.24, 2.45) is 10.2 Å². The number of likely N-dealkylation sites (tertiary alicyclic amines) is 2. The van der Waals surface area contributed by atoms with E-state index in [-0.39, 0.29) is 30.2 Å². The molecule has 0 saturated carbocycles. The molecule has 0 radical (unpaired) electrons. The maximum absolute atomic E-state index is 15.2. The minimum atomic E-state index is -1.42. The predicted molar refractivity (Wildman–Crippen MR) is 170 cm³/mol. The summed E-state index contributed by atoms with van der Waals surface area (Å²) in [6.45, 7) is 6.38. The van der Waals surface area contributed by atoms with Gasteiger partial charge in [0.1, 0.15) is 30.0 Å². The molecule has 1 aromatic heterocycles. The normalized spacial score (nSPS) is 20.7. The number of carbonyl (C=O) groups is 1. The van der Waals surface area contributed by atoms with Crippen LogP contribution in [0.4, 0.5) is 16.0 Å². The summed E-state index contributed by atoms with van der Waals surface area (Å²) in [6.07, 6.45) is 2.21. The molecule has 12 heteroatoms. The van der Waals surface area contributed by atoms with E-state index in [0.717, 1.165) is 37.3 Å². The molecule has 45 heavy (non-hydrogen) atoms. The molecule has 3 aliphatic heterocycles. The average Bonchev–Trinajstić information content (AvgIpc) is 3.48. The van der Waals surface area contributed by atoms with Gasteiger partial charge in [0.15, 0.2) is 12.0 Å². The fourth-order valence-electron chi connectivity index (χ4n) is 6.14. The number of carbonyl (C=O) groups excluding carboxylic acids is 1. The van der Waals surface area contributed by atoms with E-state index in [9.17, 15) is 10.1 Å². The lowest BCUT2D eigenvalue weighted by molar-refractivity contribution is -0.127. The Morgan fingerprint density at radius 1 is 1.07 bits per heavy atom. The van der Waals surface area contributed by atoms with Crippen molar-refractivity contribution in [3.8, 4) is 23.2 Å². The zero-order valence-electron chi connectivity index (χ0n) is 25.7. The molecule has 2 atom stereocenters. The number of ether oxygens (including phenoxy) is 1. The molecule has 232 valence electrons. The van der Waals surface area contributed by atoms with E-state index in [1.807, 2.05) is 0 Å². The highest BCUT2D eigenvalue weighted by molar-refractivity contribution is 6.43. The summed E-state index contributed by atoms with van der Waals surface area (Å²) in [5.41, 5.74) is 5.43. The Labute approximate surface area is 261 Å². The number of anilines is 2. The minimum Gasteiger partial charge on any atom is -0.486 e. The van der Waals surface area contributed by atoms with Gasteiger partial charge >= 0.3 is 0 Å². The smallest absolute Gasteiger partial charge is 0.270 e. The van der Waals surface area contributed by atoms with Crippen molar-refractivity contribution in [3.63, 3.8) is 0 Å². The Morgan fingerprint density at radius 3 is 2.60 bits per heavy atom. The number of piperidine rings is 2. The van der Waals surface area contributed by atoms with Crippen molar-refractivity contribution < 1.29 is 13.9 Å². The Hall–Kier alpha value is -4.76. The maximum Gasteiger partial charge on any atom is 0.270 e. The summed E-state index contributed by atoms with van der Waals surface area (Å²) in [5, 5.41) is 21.0. The molecular formula is C33H36FN9O2. The second kappa shape index (κ2) is 13.1. The number of amides is 1. The number of hydrogen-bond donors (Lipinski definition) is 1. The molecule has 0 bridgehead atoms. The number of nitrogens with zero attached hydrogens (tertiary/aromatic N) is 8. The molecule has 4 heterocycles. The average molecular weight is 610 g/mol. The van der Waals surface area contributed by atoms with Gasteiger partial charge in [-0.25, -0.2) is 14.4 Å². The third-order valence-corrected chi connectivity index (χ3v) is 8.67. The third kappa shape index (κ3) is 6.83. The molecule has 1 amide bonds. The summed E-state index contributed by atoms with van der Waals surface area (Å²) in [4.78, 5) is 29.7. The van der Waals surface area contributed by atoms with Crippen LogP contribution < -0.4 is 10.1 Å². The van der Waals surface area contributed by atoms with Crippen LogP contribution >= 0.6 is 0 Å². The summed E-state index contributed by atoms with van der Waals surface area (Å²) in [7, 11) is 2.17. The van der Waals surface area contributed by atoms with Gasteiger partial charge in [0.05, 0.1) is 12.1 Å². The van der Waals surface area contributed by atoms with Gasteiger partial charge in [-0.15, -0.1) is 5.10 Å². The molecule has 3 aromatic rings. The number of rotatable bonds is 7. The van der Waals surface area contributed by atoms with E-state index in [2.05, 4.69) is 73.6 Å². The number of benzene rings is 2. The van der Waals surface area contributed by atoms with Gasteiger partial charge in [-0.3, -0.25) is 4.79 Å². The summed E-state index contributed by atoms with van der Waals surface area (Å²) < 4.78 is 21.1. The molecular weight excluding hydrogens is 573 g/mol. The van der Waals surface area contributed by atoms with Crippen molar-refractivity contribution in [1.29, 1.82) is 5.26 Å². The van der Waals surface area contributed by atoms with E-state index >= 15 is 4.39 Å². The SMILES string of the molecule is CC1=NN=C(C(=O)N2CC[C@H](Oc3ccc(-c4ncnc(Nc5ccc(C6CCN(C)CC6)c(C)c5)n4)cc3C#N)[C@H](F)C2)C1. The molecule has 3 aliphatic rings. The highest BCUT2D eigenvalue weighted by Gasteiger charge is 2.35. The second-order valence-electron chi connectivity index (χ2n) is 12.0. The van der Waals surface area contributed by atoms with Gasteiger partial charge in [0.2, 0.25) is 5.95 Å². The van der Waals surface area contributed by atoms with Crippen LogP contribution in [-0.2, 0) is 4.79 Å². The number of alkyl halides is 1. The van der Waals surface area contributed by atoms with Gasteiger partial charge in [0, 0.05) is 36.3 Å². The summed E-state index contributed by atoms with van der Waals surface area (Å²) >= 11 is 0. The van der Waals surface area contributed by atoms with Crippen LogP contribution in [0.15, 0.2) is 52.9 Å². The summed E-state index contributed by atoms with van der Waals surface area (Å²) in [6, 6.07) is 13.5. The fraction of sp³-hybridized carbons (Fsp3) is 0.424. The number of aryl methyl sites for hydroxylation is 1. The van der Waals surface area contributed by atoms with Gasteiger partial charge in [0.25, 0.3) is 5.91 Å². The number of halogens is 1. The third-order valence-electron chi connectivity index (χ3n) is 8.67. The van der Waals surface area contributed by atoms with Crippen LogP contribution in [0.2, 0.25) is 0 Å². The van der Waals surface area contributed by atoms with Crippen molar-refractivity contribution >= 4 is 29.0 Å². The first kappa shape index (κ1) is 30.3. The minimum absolute atomic E-state index is 0.109. The molecule has 6 rings (SSSR count). The molecule has 0 spiro atoms. The van der Waals surface area contributed by atoms with E-state index < -0.39 is 12.3 Å². The lowest BCUT2D eigenvalue weighted by atomic mass is 9.87. The highest BCUT2D eigenvalue weighted by atomic mass is 19.1. The Bertz CT molecular complexity index is 1690. The van der Waals surface area contributed by atoms with Crippen LogP contribution in [0.3, 0.4) is 0 Å². The molecule has 0 unspecified atom stereocenters. The molecule has 2 saturated heterocycles. The number of aromatic nitrogens is 3. The molecule has 0 aliphatic carbocycles. The largest absolute Gasteiger partial charge is 0.486 e. The lowest BCUT2D eigenvalue weighted by Crippen LogP contribution is -2.51. The maximum atomic E-state index is 15.2. The van der Waals surface area contributed by atoms with Crippen molar-refractivity contribution in [2.75, 3.05) is 38.5 Å². The first-order valence-electron chi connectivity index (χ1n) is 15.3. The Morgan fingerprint density at radius 2 is 1.89 bits per heavy atom. The van der Waals surface area contributed by atoms with Crippen molar-refractivity contribution in [3.05, 3.63) is 59.4 Å². The molecule has 2 aromatic carbocycles. The topological polar surface area (TPSA) is 132 Å². The monoisotopic (exact) mass is 609 g/mol. The zero-order chi connectivity index (χ0) is 31.5. The summed E-state index contributed by atoms with van der Waals surface area (Å²) in [5.74, 6) is 1.32. The van der Waals surface area contributed by atoms with Crippen LogP contribution in [0, 0.1) is 18.3 Å². The Kier molecular flexibility index (Phi) is 8.80. The quantitative estimate of drug-likeness (QED) is 0.404. The standard InChI is InChI=1S/C33H36FN9O2/c1-20-14-25(5-6-26(20)22-8-11-42(3)12-9-22)38-33-37-19-36-31(39-33)23-4-7-29(24(16-23)17-35)45-30-10-13-43(18-27(30)34)32(44)28-15-21(2)40-41-28/h4-7,14,16,19,22,27,30H,8-13,15,18H2,1-3H3,(H,36,37,38,39)/t27-,30+/m1/s1. The number of nitriles is 1. The van der Waals surface area contributed by atoms with Crippen LogP contribution in [0.1, 0.15) is 55.2 Å². The van der Waals surface area contributed by atoms with Crippen LogP contribution in [-0.4, -0.2) is 87.6 Å². The van der Waals surface area contributed by atoms with E-state index in [4.69, 9.17) is 4.74 Å². The lowest BCUT2D eigenvalue weighted by Gasteiger charge is -2.34. The first-order chi connectivity index (χ1) is 21.8. The van der Waals surface area contributed by atoms with Gasteiger partial charge in [-0.05, 0) is 94.2 Å². The second-order valence-corrected chi connectivity index (χ2v) is 12.0. The van der Waals surface area contributed by atoms with Crippen molar-refractivity contribution in [1.82, 2.24) is 24.8 Å². The van der Waals surface area contributed by atoms with Crippen LogP contribution in [0.25, 0.3) is 11.4 Å². The molecule has 2 fully saturated rings. The van der Waals surface area contributed by atoms with E-state index in [1.54, 1.807) is 25.1 Å². The number of nitrogens with one attached hydrogen (secondary N) is 1. The zero-order valence-corrected chi connectivity index (χ0v) is 25.7. The number of hydrogen-bond acceptors (Lipinski definition) is 10. The fourth-order valence-corrected chi connectivity index (χ4v) is 6.14. The first-order valence-corrected chi connectivity index (χ1v) is 15.3. The van der Waals surface area contributed by atoms with Crippen LogP contribution in [0.5, 0.6) is 5.75 Å². The molecule has 1 N–H and O–H groups in total. The van der Waals surface area contributed by atoms with Gasteiger partial charge in [-0.1, -0.05) is 6.07 Å². The Balaban J connectivity index is 1.10. The van der Waals surface area contributed by atoms with E-state index in [1.165, 1.54) is 22.4 Å². The van der Waals surface area contributed by atoms with Gasteiger partial charge in [-0.2, -0.15) is 15.3 Å². The molecule has 11 nitrogen and oxygen atoms in total. The highest BCUT2D eigenvalue weighted by Crippen LogP contribution is 2.32. The van der Waals surface area contributed by atoms with E-state index in [0.29, 0.717) is 41.9 Å². The van der Waals surface area contributed by atoms with Crippen molar-refractivity contribution in [2.45, 2.75) is 57.7 Å². The predicted octanol–water partition coefficient (Wildman–Crippen LogP) is 4.81.